The Morgan fingerprint density at radius 1 is 1.32 bits per heavy atom. The van der Waals surface area contributed by atoms with Crippen LogP contribution in [0.25, 0.3) is 0 Å². The van der Waals surface area contributed by atoms with E-state index in [2.05, 4.69) is 24.1 Å². The van der Waals surface area contributed by atoms with Crippen molar-refractivity contribution in [3.8, 4) is 0 Å². The first-order valence-corrected chi connectivity index (χ1v) is 7.90. The summed E-state index contributed by atoms with van der Waals surface area (Å²) in [4.78, 5) is 2.61. The van der Waals surface area contributed by atoms with Gasteiger partial charge in [-0.1, -0.05) is 6.92 Å². The molecule has 0 spiro atoms. The predicted molar refractivity (Wildman–Crippen MR) is 77.5 cm³/mol. The average Bonchev–Trinajstić information content (AvgIpc) is 2.88. The lowest BCUT2D eigenvalue weighted by Gasteiger charge is -2.38. The van der Waals surface area contributed by atoms with Gasteiger partial charge in [0.2, 0.25) is 0 Å². The van der Waals surface area contributed by atoms with Crippen LogP contribution in [0.3, 0.4) is 0 Å². The van der Waals surface area contributed by atoms with E-state index in [1.807, 2.05) is 0 Å². The number of hydrogen-bond donors (Lipinski definition) is 1. The second kappa shape index (κ2) is 7.58. The van der Waals surface area contributed by atoms with E-state index in [-0.39, 0.29) is 0 Å². The minimum absolute atomic E-state index is 0.342. The molecule has 1 unspecified atom stereocenters. The van der Waals surface area contributed by atoms with Crippen molar-refractivity contribution in [3.05, 3.63) is 0 Å². The lowest BCUT2D eigenvalue weighted by Crippen LogP contribution is -2.48. The zero-order chi connectivity index (χ0) is 13.6. The molecule has 0 aromatic carbocycles. The molecular weight excluding hydrogens is 240 g/mol. The Morgan fingerprint density at radius 2 is 2.11 bits per heavy atom. The Labute approximate surface area is 117 Å². The van der Waals surface area contributed by atoms with Gasteiger partial charge in [-0.15, -0.1) is 0 Å². The van der Waals surface area contributed by atoms with Crippen molar-refractivity contribution >= 4 is 0 Å². The largest absolute Gasteiger partial charge is 0.381 e. The van der Waals surface area contributed by atoms with Crippen LogP contribution in [0.4, 0.5) is 0 Å². The van der Waals surface area contributed by atoms with Gasteiger partial charge in [0.15, 0.2) is 0 Å². The monoisotopic (exact) mass is 270 g/mol. The van der Waals surface area contributed by atoms with E-state index in [9.17, 15) is 0 Å². The molecule has 0 aromatic heterocycles. The van der Waals surface area contributed by atoms with Gasteiger partial charge in [0.05, 0.1) is 12.7 Å². The van der Waals surface area contributed by atoms with Crippen molar-refractivity contribution in [1.29, 1.82) is 0 Å². The van der Waals surface area contributed by atoms with Crippen LogP contribution in [0.5, 0.6) is 0 Å². The van der Waals surface area contributed by atoms with Crippen LogP contribution in [0.1, 0.15) is 33.1 Å². The molecule has 2 rings (SSSR count). The first-order chi connectivity index (χ1) is 9.28. The van der Waals surface area contributed by atoms with Crippen LogP contribution in [0.2, 0.25) is 0 Å². The number of nitrogens with zero attached hydrogens (tertiary/aromatic N) is 1. The summed E-state index contributed by atoms with van der Waals surface area (Å²) in [6.07, 6.45) is 4.06. The van der Waals surface area contributed by atoms with Gasteiger partial charge in [0.25, 0.3) is 0 Å². The molecule has 0 amide bonds. The van der Waals surface area contributed by atoms with E-state index in [1.165, 1.54) is 38.9 Å². The molecule has 19 heavy (non-hydrogen) atoms. The van der Waals surface area contributed by atoms with E-state index in [0.717, 1.165) is 32.9 Å². The first kappa shape index (κ1) is 15.2. The molecule has 4 nitrogen and oxygen atoms in total. The standard InChI is InChI=1S/C15H30N2O2/c1-3-16-11-15(7-10-18-13-15)12-17-8-5-14(6-9-17)19-4-2/h14,16H,3-13H2,1-2H3. The van der Waals surface area contributed by atoms with Crippen molar-refractivity contribution in [3.63, 3.8) is 0 Å². The summed E-state index contributed by atoms with van der Waals surface area (Å²) in [7, 11) is 0. The zero-order valence-corrected chi connectivity index (χ0v) is 12.6. The highest BCUT2D eigenvalue weighted by atomic mass is 16.5. The van der Waals surface area contributed by atoms with Gasteiger partial charge in [-0.2, -0.15) is 0 Å². The molecule has 2 aliphatic rings. The van der Waals surface area contributed by atoms with E-state index >= 15 is 0 Å². The van der Waals surface area contributed by atoms with Crippen LogP contribution >= 0.6 is 0 Å². The molecule has 0 radical (unpaired) electrons. The van der Waals surface area contributed by atoms with E-state index in [0.29, 0.717) is 11.5 Å². The molecule has 2 aliphatic heterocycles. The Balaban J connectivity index is 1.78. The van der Waals surface area contributed by atoms with E-state index < -0.39 is 0 Å². The first-order valence-electron chi connectivity index (χ1n) is 7.90. The Bertz CT molecular complexity index is 247. The van der Waals surface area contributed by atoms with E-state index in [1.54, 1.807) is 0 Å². The lowest BCUT2D eigenvalue weighted by atomic mass is 9.85. The SMILES string of the molecule is CCNCC1(CN2CCC(OCC)CC2)CCOC1. The van der Waals surface area contributed by atoms with Gasteiger partial charge < -0.3 is 19.7 Å². The summed E-state index contributed by atoms with van der Waals surface area (Å²) in [6, 6.07) is 0. The molecule has 1 N–H and O–H groups in total. The summed E-state index contributed by atoms with van der Waals surface area (Å²) < 4.78 is 11.4. The molecular formula is C15H30N2O2. The third-order valence-electron chi connectivity index (χ3n) is 4.43. The molecule has 0 bridgehead atoms. The number of nitrogens with one attached hydrogen (secondary N) is 1. The van der Waals surface area contributed by atoms with Crippen molar-refractivity contribution < 1.29 is 9.47 Å². The van der Waals surface area contributed by atoms with Crippen molar-refractivity contribution in [1.82, 2.24) is 10.2 Å². The highest BCUT2D eigenvalue weighted by Gasteiger charge is 2.37. The maximum absolute atomic E-state index is 5.73. The summed E-state index contributed by atoms with van der Waals surface area (Å²) in [5, 5.41) is 3.52. The molecule has 0 saturated carbocycles. The topological polar surface area (TPSA) is 33.7 Å². The molecule has 112 valence electrons. The second-order valence-corrected chi connectivity index (χ2v) is 6.01. The molecule has 1 atom stereocenters. The van der Waals surface area contributed by atoms with Gasteiger partial charge in [0.1, 0.15) is 0 Å². The molecule has 0 aliphatic carbocycles. The van der Waals surface area contributed by atoms with Crippen LogP contribution in [-0.2, 0) is 9.47 Å². The highest BCUT2D eigenvalue weighted by Crippen LogP contribution is 2.30. The Hall–Kier alpha value is -0.160. The lowest BCUT2D eigenvalue weighted by molar-refractivity contribution is 0.00263. The summed E-state index contributed by atoms with van der Waals surface area (Å²) in [6.45, 7) is 12.7. The third-order valence-corrected chi connectivity index (χ3v) is 4.43. The fraction of sp³-hybridized carbons (Fsp3) is 1.00. The number of piperidine rings is 1. The molecule has 2 saturated heterocycles. The maximum Gasteiger partial charge on any atom is 0.0599 e. The fourth-order valence-corrected chi connectivity index (χ4v) is 3.30. The van der Waals surface area contributed by atoms with Gasteiger partial charge >= 0.3 is 0 Å². The Kier molecular flexibility index (Phi) is 6.07. The summed E-state index contributed by atoms with van der Waals surface area (Å²) in [5.41, 5.74) is 0.342. The molecule has 2 fully saturated rings. The number of likely N-dealkylation sites (tertiary alicyclic amines) is 1. The summed E-state index contributed by atoms with van der Waals surface area (Å²) in [5.74, 6) is 0. The maximum atomic E-state index is 5.73. The van der Waals surface area contributed by atoms with Gasteiger partial charge in [-0.05, 0) is 32.7 Å². The van der Waals surface area contributed by atoms with Crippen LogP contribution < -0.4 is 5.32 Å². The number of rotatable bonds is 7. The minimum atomic E-state index is 0.342. The third kappa shape index (κ3) is 4.42. The minimum Gasteiger partial charge on any atom is -0.381 e. The summed E-state index contributed by atoms with van der Waals surface area (Å²) >= 11 is 0. The van der Waals surface area contributed by atoms with Crippen molar-refractivity contribution in [2.45, 2.75) is 39.2 Å². The normalized spacial score (nSPS) is 30.0. The molecule has 0 aromatic rings. The van der Waals surface area contributed by atoms with Crippen LogP contribution in [0, 0.1) is 5.41 Å². The number of ether oxygens (including phenoxy) is 2. The smallest absolute Gasteiger partial charge is 0.0599 e. The van der Waals surface area contributed by atoms with Gasteiger partial charge in [-0.25, -0.2) is 0 Å². The zero-order valence-electron chi connectivity index (χ0n) is 12.6. The number of hydrogen-bond acceptors (Lipinski definition) is 4. The fourth-order valence-electron chi connectivity index (χ4n) is 3.30. The quantitative estimate of drug-likeness (QED) is 0.760. The Morgan fingerprint density at radius 3 is 2.68 bits per heavy atom. The van der Waals surface area contributed by atoms with Crippen LogP contribution in [0.15, 0.2) is 0 Å². The molecule has 4 heteroatoms. The van der Waals surface area contributed by atoms with Gasteiger partial charge in [0, 0.05) is 44.8 Å². The van der Waals surface area contributed by atoms with E-state index in [4.69, 9.17) is 9.47 Å². The average molecular weight is 270 g/mol. The van der Waals surface area contributed by atoms with Crippen molar-refractivity contribution in [2.75, 3.05) is 52.5 Å². The second-order valence-electron chi connectivity index (χ2n) is 6.01. The van der Waals surface area contributed by atoms with Gasteiger partial charge in [-0.3, -0.25) is 0 Å². The van der Waals surface area contributed by atoms with Crippen LogP contribution in [-0.4, -0.2) is 63.5 Å². The predicted octanol–water partition coefficient (Wildman–Crippen LogP) is 1.50. The highest BCUT2D eigenvalue weighted by molar-refractivity contribution is 4.89. The van der Waals surface area contributed by atoms with Crippen molar-refractivity contribution in [2.24, 2.45) is 5.41 Å². The molecule has 2 heterocycles.